The van der Waals surface area contributed by atoms with E-state index >= 15 is 0 Å². The quantitative estimate of drug-likeness (QED) is 0.527. The van der Waals surface area contributed by atoms with Gasteiger partial charge in [0.2, 0.25) is 0 Å². The summed E-state index contributed by atoms with van der Waals surface area (Å²) in [6.45, 7) is 7.11. The minimum atomic E-state index is -0.253. The summed E-state index contributed by atoms with van der Waals surface area (Å²) in [6, 6.07) is 8.86. The van der Waals surface area contributed by atoms with Gasteiger partial charge in [0.1, 0.15) is 0 Å². The van der Waals surface area contributed by atoms with Gasteiger partial charge in [-0.3, -0.25) is 0 Å². The molecule has 0 heterocycles. The van der Waals surface area contributed by atoms with E-state index in [1.54, 1.807) is 11.1 Å². The molecule has 0 saturated heterocycles. The molecule has 1 aliphatic carbocycles. The Hall–Kier alpha value is 0.640. The van der Waals surface area contributed by atoms with Crippen molar-refractivity contribution in [3.63, 3.8) is 0 Å². The molecule has 4 heteroatoms. The number of hydrogen-bond donors (Lipinski definition) is 0. The van der Waals surface area contributed by atoms with Crippen LogP contribution in [-0.2, 0) is 26.2 Å². The summed E-state index contributed by atoms with van der Waals surface area (Å²) in [5.74, 6) is 0. The Balaban J connectivity index is 0. The summed E-state index contributed by atoms with van der Waals surface area (Å²) in [6.07, 6.45) is 3.60. The monoisotopic (exact) mass is 361 g/mol. The molecular weight excluding hydrogens is 346 g/mol. The van der Waals surface area contributed by atoms with Gasteiger partial charge >= 0.3 is 26.2 Å². The molecular formula is C13H17Cl2SiZr. The van der Waals surface area contributed by atoms with Crippen LogP contribution in [0.3, 0.4) is 0 Å². The SMILES string of the molecule is CCC1=Cc2ccccc2C1[Si](C)C.[Cl-].[Cl-].[Zr+2]. The predicted molar refractivity (Wildman–Crippen MR) is 64.9 cm³/mol. The van der Waals surface area contributed by atoms with Crippen LogP contribution in [0.1, 0.15) is 30.0 Å². The van der Waals surface area contributed by atoms with Gasteiger partial charge < -0.3 is 24.8 Å². The van der Waals surface area contributed by atoms with Crippen molar-refractivity contribution in [3.8, 4) is 0 Å². The molecule has 0 aliphatic heterocycles. The van der Waals surface area contributed by atoms with Gasteiger partial charge in [-0.25, -0.2) is 0 Å². The van der Waals surface area contributed by atoms with Gasteiger partial charge in [-0.2, -0.15) is 0 Å². The molecule has 91 valence electrons. The Bertz CT molecular complexity index is 377. The van der Waals surface area contributed by atoms with Crippen molar-refractivity contribution in [2.24, 2.45) is 0 Å². The number of allylic oxidation sites excluding steroid dienone is 1. The fraction of sp³-hybridized carbons (Fsp3) is 0.385. The van der Waals surface area contributed by atoms with Gasteiger partial charge in [-0.15, -0.1) is 0 Å². The summed E-state index contributed by atoms with van der Waals surface area (Å²) in [4.78, 5) is 0. The smallest absolute Gasteiger partial charge is 1.00 e. The van der Waals surface area contributed by atoms with Crippen molar-refractivity contribution >= 4 is 14.9 Å². The van der Waals surface area contributed by atoms with Gasteiger partial charge in [-0.05, 0) is 23.1 Å². The van der Waals surface area contributed by atoms with Gasteiger partial charge in [0.05, 0.1) is 8.80 Å². The molecule has 0 nitrogen and oxygen atoms in total. The Morgan fingerprint density at radius 2 is 1.71 bits per heavy atom. The maximum atomic E-state index is 2.42. The summed E-state index contributed by atoms with van der Waals surface area (Å²) < 4.78 is 0. The molecule has 0 saturated carbocycles. The molecule has 0 bridgehead atoms. The zero-order chi connectivity index (χ0) is 10.1. The number of halogens is 2. The third-order valence-electron chi connectivity index (χ3n) is 3.00. The number of fused-ring (bicyclic) bond motifs is 1. The van der Waals surface area contributed by atoms with Crippen molar-refractivity contribution in [2.75, 3.05) is 0 Å². The van der Waals surface area contributed by atoms with E-state index in [-0.39, 0.29) is 59.8 Å². The number of benzene rings is 1. The predicted octanol–water partition coefficient (Wildman–Crippen LogP) is -2.12. The van der Waals surface area contributed by atoms with Crippen LogP contribution in [0.2, 0.25) is 13.1 Å². The maximum absolute atomic E-state index is 2.42. The number of hydrogen-bond acceptors (Lipinski definition) is 0. The fourth-order valence-electron chi connectivity index (χ4n) is 2.38. The zero-order valence-electron chi connectivity index (χ0n) is 10.4. The molecule has 1 aromatic carbocycles. The average Bonchev–Trinajstić information content (AvgIpc) is 2.55. The van der Waals surface area contributed by atoms with Gasteiger partial charge in [0.15, 0.2) is 0 Å². The van der Waals surface area contributed by atoms with Gasteiger partial charge in [-0.1, -0.05) is 55.9 Å². The minimum Gasteiger partial charge on any atom is -1.00 e. The van der Waals surface area contributed by atoms with E-state index < -0.39 is 0 Å². The van der Waals surface area contributed by atoms with Crippen LogP contribution in [0.15, 0.2) is 29.8 Å². The van der Waals surface area contributed by atoms with E-state index in [1.165, 1.54) is 12.0 Å². The van der Waals surface area contributed by atoms with Crippen molar-refractivity contribution in [1.82, 2.24) is 0 Å². The first-order valence-corrected chi connectivity index (χ1v) is 7.91. The van der Waals surface area contributed by atoms with E-state index in [2.05, 4.69) is 50.4 Å². The molecule has 0 aromatic heterocycles. The summed E-state index contributed by atoms with van der Waals surface area (Å²) >= 11 is 0. The van der Waals surface area contributed by atoms with Crippen molar-refractivity contribution in [3.05, 3.63) is 41.0 Å². The molecule has 1 atom stereocenters. The van der Waals surface area contributed by atoms with Gasteiger partial charge in [0.25, 0.3) is 0 Å². The molecule has 1 aromatic rings. The zero-order valence-corrected chi connectivity index (χ0v) is 15.4. The topological polar surface area (TPSA) is 0 Å². The van der Waals surface area contributed by atoms with E-state index in [0.717, 1.165) is 5.54 Å². The van der Waals surface area contributed by atoms with Gasteiger partial charge in [0, 0.05) is 0 Å². The largest absolute Gasteiger partial charge is 2.00 e. The first-order valence-electron chi connectivity index (χ1n) is 5.33. The normalized spacial score (nSPS) is 16.2. The Morgan fingerprint density at radius 3 is 2.24 bits per heavy atom. The van der Waals surface area contributed by atoms with Crippen LogP contribution in [0.5, 0.6) is 0 Å². The molecule has 1 aliphatic rings. The minimum absolute atomic E-state index is 0. The second-order valence-corrected chi connectivity index (χ2v) is 6.94. The molecule has 17 heavy (non-hydrogen) atoms. The van der Waals surface area contributed by atoms with Crippen LogP contribution in [-0.4, -0.2) is 8.80 Å². The van der Waals surface area contributed by atoms with Crippen LogP contribution in [0.4, 0.5) is 0 Å². The maximum Gasteiger partial charge on any atom is 2.00 e. The van der Waals surface area contributed by atoms with E-state index in [4.69, 9.17) is 0 Å². The Morgan fingerprint density at radius 1 is 1.12 bits per heavy atom. The summed E-state index contributed by atoms with van der Waals surface area (Å²) in [5.41, 5.74) is 5.44. The van der Waals surface area contributed by atoms with Crippen LogP contribution < -0.4 is 24.8 Å². The molecule has 0 N–H and O–H groups in total. The second-order valence-electron chi connectivity index (χ2n) is 4.21. The van der Waals surface area contributed by atoms with Crippen molar-refractivity contribution < 1.29 is 51.0 Å². The van der Waals surface area contributed by atoms with Crippen LogP contribution in [0.25, 0.3) is 6.08 Å². The van der Waals surface area contributed by atoms with Crippen molar-refractivity contribution in [1.29, 1.82) is 0 Å². The molecule has 0 amide bonds. The summed E-state index contributed by atoms with van der Waals surface area (Å²) in [5, 5.41) is 0. The van der Waals surface area contributed by atoms with E-state index in [9.17, 15) is 0 Å². The molecule has 0 fully saturated rings. The molecule has 1 unspecified atom stereocenters. The second kappa shape index (κ2) is 8.69. The van der Waals surface area contributed by atoms with E-state index in [1.807, 2.05) is 0 Å². The standard InChI is InChI=1S/C13H17Si.2ClH.Zr/c1-4-10-9-11-7-5-6-8-12(11)13(10)14(2)3;;;/h5-9,13H,4H2,1-3H3;2*1H;/q;;;+2/p-2. The van der Waals surface area contributed by atoms with Crippen LogP contribution >= 0.6 is 0 Å². The first-order chi connectivity index (χ1) is 6.74. The molecule has 2 rings (SSSR count). The average molecular weight is 363 g/mol. The third kappa shape index (κ3) is 4.06. The van der Waals surface area contributed by atoms with E-state index in [0.29, 0.717) is 0 Å². The summed E-state index contributed by atoms with van der Waals surface area (Å²) in [7, 11) is -0.253. The third-order valence-corrected chi connectivity index (χ3v) is 4.84. The Labute approximate surface area is 138 Å². The fourth-order valence-corrected chi connectivity index (χ4v) is 4.29. The Kier molecular flexibility index (Phi) is 10.2. The first kappa shape index (κ1) is 20.0. The molecule has 0 spiro atoms. The number of rotatable bonds is 2. The van der Waals surface area contributed by atoms with Crippen LogP contribution in [0, 0.1) is 0 Å². The molecule has 1 radical (unpaired) electrons. The van der Waals surface area contributed by atoms with Crippen molar-refractivity contribution in [2.45, 2.75) is 32.0 Å².